The van der Waals surface area contributed by atoms with Gasteiger partial charge in [0.2, 0.25) is 11.7 Å². The summed E-state index contributed by atoms with van der Waals surface area (Å²) >= 11 is 0. The van der Waals surface area contributed by atoms with Gasteiger partial charge in [0.05, 0.1) is 12.7 Å². The number of carbonyl (C=O) groups excluding carboxylic acids is 1. The summed E-state index contributed by atoms with van der Waals surface area (Å²) in [6.45, 7) is 0.323. The van der Waals surface area contributed by atoms with Gasteiger partial charge in [-0.05, 0) is 36.4 Å². The van der Waals surface area contributed by atoms with Gasteiger partial charge in [-0.2, -0.15) is 4.98 Å². The van der Waals surface area contributed by atoms with Crippen molar-refractivity contribution in [3.8, 4) is 17.1 Å². The zero-order chi connectivity index (χ0) is 17.6. The van der Waals surface area contributed by atoms with Gasteiger partial charge < -0.3 is 14.6 Å². The van der Waals surface area contributed by atoms with Gasteiger partial charge in [-0.1, -0.05) is 17.3 Å². The standard InChI is InChI=1S/C18H16FN3O3/c1-24-13-8-6-12(7-9-13)18(23)20-11-10-16-21-17(22-25-16)14-4-2-3-5-15(14)19/h2-9H,10-11H2,1H3,(H,20,23). The van der Waals surface area contributed by atoms with Crippen molar-refractivity contribution in [1.82, 2.24) is 15.5 Å². The maximum absolute atomic E-state index is 13.7. The third-order valence-electron chi connectivity index (χ3n) is 3.56. The number of hydrogen-bond donors (Lipinski definition) is 1. The number of aromatic nitrogens is 2. The molecule has 128 valence electrons. The first-order valence-electron chi connectivity index (χ1n) is 7.67. The molecule has 3 aromatic rings. The molecule has 1 N–H and O–H groups in total. The molecule has 0 atom stereocenters. The second kappa shape index (κ2) is 7.57. The highest BCUT2D eigenvalue weighted by Gasteiger charge is 2.12. The monoisotopic (exact) mass is 341 g/mol. The molecule has 0 spiro atoms. The summed E-state index contributed by atoms with van der Waals surface area (Å²) in [5.74, 6) is 0.574. The number of amides is 1. The smallest absolute Gasteiger partial charge is 0.251 e. The zero-order valence-electron chi connectivity index (χ0n) is 13.5. The summed E-state index contributed by atoms with van der Waals surface area (Å²) in [5.41, 5.74) is 0.804. The van der Waals surface area contributed by atoms with Crippen LogP contribution in [0.25, 0.3) is 11.4 Å². The molecule has 0 bridgehead atoms. The van der Waals surface area contributed by atoms with Gasteiger partial charge in [0.15, 0.2) is 0 Å². The lowest BCUT2D eigenvalue weighted by molar-refractivity contribution is 0.0953. The van der Waals surface area contributed by atoms with Crippen molar-refractivity contribution in [3.05, 3.63) is 65.8 Å². The molecular weight excluding hydrogens is 325 g/mol. The molecule has 0 aliphatic carbocycles. The molecule has 3 rings (SSSR count). The van der Waals surface area contributed by atoms with E-state index in [1.54, 1.807) is 49.6 Å². The van der Waals surface area contributed by atoms with Crippen LogP contribution in [-0.4, -0.2) is 29.7 Å². The molecule has 0 unspecified atom stereocenters. The predicted molar refractivity (Wildman–Crippen MR) is 88.7 cm³/mol. The van der Waals surface area contributed by atoms with E-state index >= 15 is 0 Å². The molecule has 2 aromatic carbocycles. The van der Waals surface area contributed by atoms with Gasteiger partial charge in [-0.25, -0.2) is 4.39 Å². The number of hydrogen-bond acceptors (Lipinski definition) is 5. The highest BCUT2D eigenvalue weighted by molar-refractivity contribution is 5.94. The number of halogens is 1. The molecule has 0 aliphatic rings. The Kier molecular flexibility index (Phi) is 5.03. The Labute approximate surface area is 143 Å². The molecule has 25 heavy (non-hydrogen) atoms. The van der Waals surface area contributed by atoms with Crippen molar-refractivity contribution in [2.24, 2.45) is 0 Å². The molecule has 7 heteroatoms. The van der Waals surface area contributed by atoms with Crippen LogP contribution in [0.4, 0.5) is 4.39 Å². The van der Waals surface area contributed by atoms with Crippen LogP contribution in [0.1, 0.15) is 16.2 Å². The minimum Gasteiger partial charge on any atom is -0.497 e. The van der Waals surface area contributed by atoms with Crippen molar-refractivity contribution in [2.45, 2.75) is 6.42 Å². The van der Waals surface area contributed by atoms with Crippen LogP contribution in [0, 0.1) is 5.82 Å². The quantitative estimate of drug-likeness (QED) is 0.746. The fourth-order valence-electron chi connectivity index (χ4n) is 2.24. The van der Waals surface area contributed by atoms with Crippen LogP contribution in [-0.2, 0) is 6.42 Å². The predicted octanol–water partition coefficient (Wildman–Crippen LogP) is 2.86. The van der Waals surface area contributed by atoms with E-state index in [0.29, 0.717) is 30.2 Å². The largest absolute Gasteiger partial charge is 0.497 e. The lowest BCUT2D eigenvalue weighted by Crippen LogP contribution is -2.25. The topological polar surface area (TPSA) is 77.2 Å². The molecule has 0 saturated carbocycles. The summed E-state index contributed by atoms with van der Waals surface area (Å²) in [6.07, 6.45) is 0.351. The van der Waals surface area contributed by atoms with Crippen LogP contribution < -0.4 is 10.1 Å². The molecule has 1 aromatic heterocycles. The Bertz CT molecular complexity index is 862. The molecule has 1 amide bonds. The van der Waals surface area contributed by atoms with Crippen molar-refractivity contribution in [1.29, 1.82) is 0 Å². The number of carbonyl (C=O) groups is 1. The van der Waals surface area contributed by atoms with E-state index in [1.807, 2.05) is 0 Å². The second-order valence-corrected chi connectivity index (χ2v) is 5.23. The minimum absolute atomic E-state index is 0.189. The SMILES string of the molecule is COc1ccc(C(=O)NCCc2nc(-c3ccccc3F)no2)cc1. The van der Waals surface area contributed by atoms with Gasteiger partial charge in [-0.3, -0.25) is 4.79 Å². The van der Waals surface area contributed by atoms with Crippen LogP contribution in [0.2, 0.25) is 0 Å². The Hall–Kier alpha value is -3.22. The fraction of sp³-hybridized carbons (Fsp3) is 0.167. The number of rotatable bonds is 6. The Morgan fingerprint density at radius 2 is 1.96 bits per heavy atom. The summed E-state index contributed by atoms with van der Waals surface area (Å²) < 4.78 is 23.8. The third-order valence-corrected chi connectivity index (χ3v) is 3.56. The van der Waals surface area contributed by atoms with Gasteiger partial charge >= 0.3 is 0 Å². The van der Waals surface area contributed by atoms with E-state index < -0.39 is 5.82 Å². The van der Waals surface area contributed by atoms with Gasteiger partial charge in [-0.15, -0.1) is 0 Å². The van der Waals surface area contributed by atoms with Crippen LogP contribution >= 0.6 is 0 Å². The van der Waals surface area contributed by atoms with Crippen molar-refractivity contribution in [2.75, 3.05) is 13.7 Å². The van der Waals surface area contributed by atoms with E-state index in [9.17, 15) is 9.18 Å². The molecule has 6 nitrogen and oxygen atoms in total. The van der Waals surface area contributed by atoms with E-state index in [4.69, 9.17) is 9.26 Å². The van der Waals surface area contributed by atoms with E-state index in [2.05, 4.69) is 15.5 Å². The van der Waals surface area contributed by atoms with Crippen LogP contribution in [0.5, 0.6) is 5.75 Å². The summed E-state index contributed by atoms with van der Waals surface area (Å²) in [4.78, 5) is 16.2. The average Bonchev–Trinajstić information content (AvgIpc) is 3.10. The molecule has 0 radical (unpaired) electrons. The van der Waals surface area contributed by atoms with Gasteiger partial charge in [0, 0.05) is 18.5 Å². The fourth-order valence-corrected chi connectivity index (χ4v) is 2.24. The van der Waals surface area contributed by atoms with E-state index in [1.165, 1.54) is 6.07 Å². The van der Waals surface area contributed by atoms with E-state index in [0.717, 1.165) is 0 Å². The highest BCUT2D eigenvalue weighted by atomic mass is 19.1. The minimum atomic E-state index is -0.414. The lowest BCUT2D eigenvalue weighted by Gasteiger charge is -2.04. The second-order valence-electron chi connectivity index (χ2n) is 5.23. The third kappa shape index (κ3) is 4.00. The van der Waals surface area contributed by atoms with Crippen molar-refractivity contribution >= 4 is 5.91 Å². The number of ether oxygens (including phenoxy) is 1. The number of nitrogens with one attached hydrogen (secondary N) is 1. The molecule has 1 heterocycles. The number of nitrogens with zero attached hydrogens (tertiary/aromatic N) is 2. The first kappa shape index (κ1) is 16.6. The maximum atomic E-state index is 13.7. The Balaban J connectivity index is 1.55. The van der Waals surface area contributed by atoms with Crippen molar-refractivity contribution < 1.29 is 18.4 Å². The Morgan fingerprint density at radius 1 is 1.20 bits per heavy atom. The molecule has 0 saturated heterocycles. The van der Waals surface area contributed by atoms with E-state index in [-0.39, 0.29) is 17.3 Å². The molecule has 0 fully saturated rings. The number of methoxy groups -OCH3 is 1. The summed E-state index contributed by atoms with van der Waals surface area (Å²) in [5, 5.41) is 6.53. The van der Waals surface area contributed by atoms with Gasteiger partial charge in [0.25, 0.3) is 5.91 Å². The highest BCUT2D eigenvalue weighted by Crippen LogP contribution is 2.19. The first-order chi connectivity index (χ1) is 12.2. The summed E-state index contributed by atoms with van der Waals surface area (Å²) in [6, 6.07) is 13.0. The summed E-state index contributed by atoms with van der Waals surface area (Å²) in [7, 11) is 1.56. The number of benzene rings is 2. The van der Waals surface area contributed by atoms with Crippen LogP contribution in [0.15, 0.2) is 53.1 Å². The molecular formula is C18H16FN3O3. The zero-order valence-corrected chi connectivity index (χ0v) is 13.5. The lowest BCUT2D eigenvalue weighted by atomic mass is 10.2. The van der Waals surface area contributed by atoms with Crippen LogP contribution in [0.3, 0.4) is 0 Å². The molecule has 0 aliphatic heterocycles. The average molecular weight is 341 g/mol. The first-order valence-corrected chi connectivity index (χ1v) is 7.67. The van der Waals surface area contributed by atoms with Gasteiger partial charge in [0.1, 0.15) is 11.6 Å². The van der Waals surface area contributed by atoms with Crippen molar-refractivity contribution in [3.63, 3.8) is 0 Å². The maximum Gasteiger partial charge on any atom is 0.251 e. The Morgan fingerprint density at radius 3 is 2.68 bits per heavy atom. The normalized spacial score (nSPS) is 10.5.